The maximum Gasteiger partial charge on any atom is 0.262 e. The summed E-state index contributed by atoms with van der Waals surface area (Å²) < 4.78 is 33.0. The number of nitrogens with one attached hydrogen (secondary N) is 2. The summed E-state index contributed by atoms with van der Waals surface area (Å²) in [6, 6.07) is 3.23. The largest absolute Gasteiger partial charge is 0.493 e. The van der Waals surface area contributed by atoms with Crippen molar-refractivity contribution in [3.8, 4) is 11.5 Å². The molecular formula is C16H19ClN2O6S. The van der Waals surface area contributed by atoms with E-state index in [1.807, 2.05) is 0 Å². The molecule has 2 amide bonds. The molecule has 2 N–H and O–H groups in total. The second-order valence-corrected chi connectivity index (χ2v) is 8.29. The number of carbonyl (C=O) groups excluding carboxylic acids is 2. The number of benzene rings is 1. The van der Waals surface area contributed by atoms with E-state index in [1.54, 1.807) is 12.1 Å². The number of ether oxygens (including phenoxy) is 2. The number of carbonyl (C=O) groups is 2. The number of amides is 2. The van der Waals surface area contributed by atoms with Crippen molar-refractivity contribution in [1.82, 2.24) is 10.9 Å². The van der Waals surface area contributed by atoms with Gasteiger partial charge in [0.2, 0.25) is 5.91 Å². The van der Waals surface area contributed by atoms with Gasteiger partial charge in [-0.25, -0.2) is 8.42 Å². The van der Waals surface area contributed by atoms with E-state index in [1.165, 1.54) is 26.4 Å². The van der Waals surface area contributed by atoms with Crippen LogP contribution in [0, 0.1) is 5.92 Å². The molecule has 0 spiro atoms. The fourth-order valence-electron chi connectivity index (χ4n) is 2.47. The highest BCUT2D eigenvalue weighted by Crippen LogP contribution is 2.36. The van der Waals surface area contributed by atoms with Crippen molar-refractivity contribution >= 4 is 39.3 Å². The molecule has 0 unspecified atom stereocenters. The van der Waals surface area contributed by atoms with Gasteiger partial charge >= 0.3 is 0 Å². The Morgan fingerprint density at radius 2 is 1.96 bits per heavy atom. The van der Waals surface area contributed by atoms with E-state index in [-0.39, 0.29) is 17.9 Å². The lowest BCUT2D eigenvalue weighted by molar-refractivity contribution is -0.129. The summed E-state index contributed by atoms with van der Waals surface area (Å²) in [6.07, 6.45) is 2.93. The number of hydrogen-bond donors (Lipinski definition) is 2. The lowest BCUT2D eigenvalue weighted by atomic mass is 10.1. The molecule has 0 aliphatic carbocycles. The Hall–Kier alpha value is -2.26. The zero-order chi connectivity index (χ0) is 19.3. The third-order valence-electron chi connectivity index (χ3n) is 3.80. The molecule has 1 aromatic carbocycles. The first kappa shape index (κ1) is 20.1. The zero-order valence-corrected chi connectivity index (χ0v) is 15.8. The van der Waals surface area contributed by atoms with Gasteiger partial charge in [-0.2, -0.15) is 0 Å². The Labute approximate surface area is 156 Å². The standard InChI is InChI=1S/C16H19ClN2O6S/c1-24-13-8-10(7-12(17)15(13)25-2)3-4-14(20)18-19-16(21)11-5-6-26(22,23)9-11/h3-4,7-8,11H,5-6,9H2,1-2H3,(H,18,20)(H,19,21)/b4-3+/t11-/m1/s1. The normalized spacial score (nSPS) is 18.5. The van der Waals surface area contributed by atoms with E-state index in [4.69, 9.17) is 21.1 Å². The van der Waals surface area contributed by atoms with E-state index in [0.717, 1.165) is 0 Å². The second-order valence-electron chi connectivity index (χ2n) is 5.65. The van der Waals surface area contributed by atoms with Crippen LogP contribution in [0.4, 0.5) is 0 Å². The molecule has 2 rings (SSSR count). The smallest absolute Gasteiger partial charge is 0.262 e. The Bertz CT molecular complexity index is 837. The molecule has 26 heavy (non-hydrogen) atoms. The number of halogens is 1. The predicted octanol–water partition coefficient (Wildman–Crippen LogP) is 0.952. The van der Waals surface area contributed by atoms with Crippen LogP contribution in [0.15, 0.2) is 18.2 Å². The van der Waals surface area contributed by atoms with Crippen LogP contribution in [-0.4, -0.2) is 46.0 Å². The molecule has 142 valence electrons. The molecule has 0 aromatic heterocycles. The monoisotopic (exact) mass is 402 g/mol. The molecule has 0 saturated carbocycles. The van der Waals surface area contributed by atoms with Crippen LogP contribution < -0.4 is 20.3 Å². The quantitative estimate of drug-likeness (QED) is 0.560. The maximum absolute atomic E-state index is 11.8. The molecule has 1 heterocycles. The minimum absolute atomic E-state index is 0.0149. The minimum Gasteiger partial charge on any atom is -0.493 e. The predicted molar refractivity (Wildman–Crippen MR) is 96.6 cm³/mol. The van der Waals surface area contributed by atoms with Crippen LogP contribution in [-0.2, 0) is 19.4 Å². The maximum atomic E-state index is 11.8. The zero-order valence-electron chi connectivity index (χ0n) is 14.2. The van der Waals surface area contributed by atoms with Crippen LogP contribution >= 0.6 is 11.6 Å². The average Bonchev–Trinajstić information content (AvgIpc) is 2.97. The van der Waals surface area contributed by atoms with Gasteiger partial charge in [0.05, 0.1) is 36.7 Å². The Morgan fingerprint density at radius 1 is 1.23 bits per heavy atom. The lowest BCUT2D eigenvalue weighted by Gasteiger charge is -2.10. The molecule has 1 saturated heterocycles. The molecule has 0 bridgehead atoms. The highest BCUT2D eigenvalue weighted by Gasteiger charge is 2.32. The van der Waals surface area contributed by atoms with Gasteiger partial charge in [-0.15, -0.1) is 0 Å². The van der Waals surface area contributed by atoms with Crippen molar-refractivity contribution in [1.29, 1.82) is 0 Å². The summed E-state index contributed by atoms with van der Waals surface area (Å²) in [7, 11) is -0.235. The first-order valence-corrected chi connectivity index (χ1v) is 9.85. The molecule has 1 fully saturated rings. The summed E-state index contributed by atoms with van der Waals surface area (Å²) >= 11 is 6.08. The third kappa shape index (κ3) is 5.12. The number of methoxy groups -OCH3 is 2. The first-order chi connectivity index (χ1) is 12.3. The Morgan fingerprint density at radius 3 is 2.54 bits per heavy atom. The summed E-state index contributed by atoms with van der Waals surface area (Å²) in [5.41, 5.74) is 5.03. The van der Waals surface area contributed by atoms with Gasteiger partial charge in [-0.05, 0) is 30.2 Å². The van der Waals surface area contributed by atoms with Crippen molar-refractivity contribution in [3.63, 3.8) is 0 Å². The summed E-state index contributed by atoms with van der Waals surface area (Å²) in [5, 5.41) is 0.322. The van der Waals surface area contributed by atoms with Gasteiger partial charge in [0.25, 0.3) is 5.91 Å². The minimum atomic E-state index is -3.16. The first-order valence-electron chi connectivity index (χ1n) is 7.65. The van der Waals surface area contributed by atoms with E-state index >= 15 is 0 Å². The van der Waals surface area contributed by atoms with Crippen molar-refractivity contribution in [2.75, 3.05) is 25.7 Å². The van der Waals surface area contributed by atoms with E-state index in [0.29, 0.717) is 22.1 Å². The average molecular weight is 403 g/mol. The van der Waals surface area contributed by atoms with Gasteiger partial charge in [0, 0.05) is 6.08 Å². The lowest BCUT2D eigenvalue weighted by Crippen LogP contribution is -2.44. The van der Waals surface area contributed by atoms with Crippen LogP contribution in [0.5, 0.6) is 11.5 Å². The molecule has 10 heteroatoms. The van der Waals surface area contributed by atoms with Crippen molar-refractivity contribution in [2.24, 2.45) is 5.92 Å². The molecule has 8 nitrogen and oxygen atoms in total. The molecule has 1 aromatic rings. The van der Waals surface area contributed by atoms with Gasteiger partial charge < -0.3 is 9.47 Å². The summed E-state index contributed by atoms with van der Waals surface area (Å²) in [5.74, 6) is -1.17. The number of rotatable bonds is 5. The Balaban J connectivity index is 1.93. The van der Waals surface area contributed by atoms with Gasteiger partial charge in [-0.3, -0.25) is 20.4 Å². The highest BCUT2D eigenvalue weighted by molar-refractivity contribution is 7.91. The third-order valence-corrected chi connectivity index (χ3v) is 5.84. The van der Waals surface area contributed by atoms with Crippen LogP contribution in [0.25, 0.3) is 6.08 Å². The number of sulfone groups is 1. The van der Waals surface area contributed by atoms with E-state index < -0.39 is 27.6 Å². The summed E-state index contributed by atoms with van der Waals surface area (Å²) in [4.78, 5) is 23.7. The van der Waals surface area contributed by atoms with E-state index in [2.05, 4.69) is 10.9 Å². The van der Waals surface area contributed by atoms with Crippen molar-refractivity contribution < 1.29 is 27.5 Å². The van der Waals surface area contributed by atoms with Crippen LogP contribution in [0.3, 0.4) is 0 Å². The van der Waals surface area contributed by atoms with E-state index in [9.17, 15) is 18.0 Å². The second kappa shape index (κ2) is 8.41. The topological polar surface area (TPSA) is 111 Å². The highest BCUT2D eigenvalue weighted by atomic mass is 35.5. The van der Waals surface area contributed by atoms with Crippen LogP contribution in [0.2, 0.25) is 5.02 Å². The van der Waals surface area contributed by atoms with Crippen molar-refractivity contribution in [2.45, 2.75) is 6.42 Å². The molecule has 1 aliphatic heterocycles. The number of hydrazine groups is 1. The van der Waals surface area contributed by atoms with Crippen LogP contribution in [0.1, 0.15) is 12.0 Å². The molecule has 1 aliphatic rings. The van der Waals surface area contributed by atoms with Gasteiger partial charge in [-0.1, -0.05) is 11.6 Å². The van der Waals surface area contributed by atoms with Gasteiger partial charge in [0.15, 0.2) is 21.3 Å². The van der Waals surface area contributed by atoms with Crippen molar-refractivity contribution in [3.05, 3.63) is 28.8 Å². The molecule has 1 atom stereocenters. The SMILES string of the molecule is COc1cc(/C=C/C(=O)NNC(=O)[C@@H]2CCS(=O)(=O)C2)cc(Cl)c1OC. The fraction of sp³-hybridized carbons (Fsp3) is 0.375. The summed E-state index contributed by atoms with van der Waals surface area (Å²) in [6.45, 7) is 0. The molecular weight excluding hydrogens is 384 g/mol. The van der Waals surface area contributed by atoms with Gasteiger partial charge in [0.1, 0.15) is 0 Å². The number of hydrogen-bond acceptors (Lipinski definition) is 6. The Kier molecular flexibility index (Phi) is 6.49. The fourth-order valence-corrected chi connectivity index (χ4v) is 4.51. The molecule has 0 radical (unpaired) electrons.